The number of hydrogen-bond donors (Lipinski definition) is 0. The van der Waals surface area contributed by atoms with E-state index in [4.69, 9.17) is 21.1 Å². The van der Waals surface area contributed by atoms with Crippen molar-refractivity contribution in [1.29, 1.82) is 0 Å². The van der Waals surface area contributed by atoms with E-state index >= 15 is 0 Å². The number of rotatable bonds is 3. The van der Waals surface area contributed by atoms with Crippen molar-refractivity contribution in [1.82, 2.24) is 9.97 Å². The number of thioether (sulfide) groups is 1. The van der Waals surface area contributed by atoms with Crippen LogP contribution in [0.2, 0.25) is 5.02 Å². The molecule has 0 saturated heterocycles. The second-order valence-electron chi connectivity index (χ2n) is 4.07. The molecule has 4 nitrogen and oxygen atoms in total. The smallest absolute Gasteiger partial charge is 0.231 e. The third-order valence-electron chi connectivity index (χ3n) is 2.67. The van der Waals surface area contributed by atoms with Crippen molar-refractivity contribution < 1.29 is 9.47 Å². The highest BCUT2D eigenvalue weighted by Crippen LogP contribution is 2.38. The first kappa shape index (κ1) is 12.6. The van der Waals surface area contributed by atoms with Crippen LogP contribution in [0.5, 0.6) is 11.5 Å². The molecule has 98 valence electrons. The van der Waals surface area contributed by atoms with E-state index in [-0.39, 0.29) is 6.79 Å². The minimum absolute atomic E-state index is 0.253. The topological polar surface area (TPSA) is 44.2 Å². The first-order chi connectivity index (χ1) is 9.22. The summed E-state index contributed by atoms with van der Waals surface area (Å²) in [6.07, 6.45) is 1.76. The van der Waals surface area contributed by atoms with Crippen LogP contribution in [0, 0.1) is 6.92 Å². The van der Waals surface area contributed by atoms with Gasteiger partial charge in [-0.3, -0.25) is 0 Å². The largest absolute Gasteiger partial charge is 0.454 e. The standard InChI is InChI=1S/C13H11ClN2O2S/c1-8-2-3-15-13(16-8)19-6-9-4-11-12(5-10(9)14)18-7-17-11/h2-5H,6-7H2,1H3. The molecule has 0 spiro atoms. The van der Waals surface area contributed by atoms with Crippen molar-refractivity contribution in [2.24, 2.45) is 0 Å². The molecule has 0 fully saturated rings. The van der Waals surface area contributed by atoms with Crippen LogP contribution in [0.25, 0.3) is 0 Å². The summed E-state index contributed by atoms with van der Waals surface area (Å²) >= 11 is 7.76. The summed E-state index contributed by atoms with van der Waals surface area (Å²) in [5, 5.41) is 1.41. The van der Waals surface area contributed by atoms with Crippen LogP contribution in [0.3, 0.4) is 0 Å². The van der Waals surface area contributed by atoms with Gasteiger partial charge in [-0.05, 0) is 24.6 Å². The summed E-state index contributed by atoms with van der Waals surface area (Å²) in [5.41, 5.74) is 1.94. The van der Waals surface area contributed by atoms with Gasteiger partial charge in [0.05, 0.1) is 0 Å². The number of ether oxygens (including phenoxy) is 2. The van der Waals surface area contributed by atoms with Crippen molar-refractivity contribution in [3.05, 3.63) is 40.7 Å². The molecule has 2 aromatic rings. The lowest BCUT2D eigenvalue weighted by Gasteiger charge is -2.05. The zero-order valence-electron chi connectivity index (χ0n) is 10.2. The Morgan fingerprint density at radius 3 is 2.89 bits per heavy atom. The maximum atomic E-state index is 6.22. The zero-order chi connectivity index (χ0) is 13.2. The van der Waals surface area contributed by atoms with Crippen molar-refractivity contribution in [3.8, 4) is 11.5 Å². The van der Waals surface area contributed by atoms with Gasteiger partial charge in [0.15, 0.2) is 16.7 Å². The molecule has 1 aliphatic heterocycles. The normalized spacial score (nSPS) is 12.7. The van der Waals surface area contributed by atoms with Gasteiger partial charge < -0.3 is 9.47 Å². The molecule has 0 atom stereocenters. The summed E-state index contributed by atoms with van der Waals surface area (Å²) in [6, 6.07) is 5.57. The van der Waals surface area contributed by atoms with Gasteiger partial charge in [0.2, 0.25) is 6.79 Å². The van der Waals surface area contributed by atoms with Crippen LogP contribution >= 0.6 is 23.4 Å². The molecule has 0 bridgehead atoms. The van der Waals surface area contributed by atoms with Crippen molar-refractivity contribution in [2.75, 3.05) is 6.79 Å². The lowest BCUT2D eigenvalue weighted by Crippen LogP contribution is -1.93. The Kier molecular flexibility index (Phi) is 3.48. The molecule has 1 aromatic heterocycles. The molecule has 2 heterocycles. The Bertz CT molecular complexity index is 622. The molecule has 3 rings (SSSR count). The lowest BCUT2D eigenvalue weighted by atomic mass is 10.2. The number of aryl methyl sites for hydroxylation is 1. The van der Waals surface area contributed by atoms with Gasteiger partial charge in [0.1, 0.15) is 0 Å². The number of nitrogens with zero attached hydrogens (tertiary/aromatic N) is 2. The van der Waals surface area contributed by atoms with Gasteiger partial charge in [-0.1, -0.05) is 23.4 Å². The van der Waals surface area contributed by atoms with Crippen LogP contribution in [0.4, 0.5) is 0 Å². The Hall–Kier alpha value is -1.46. The SMILES string of the molecule is Cc1ccnc(SCc2cc3c(cc2Cl)OCO3)n1. The molecule has 1 aromatic carbocycles. The predicted molar refractivity (Wildman–Crippen MR) is 73.9 cm³/mol. The summed E-state index contributed by atoms with van der Waals surface area (Å²) in [6.45, 7) is 2.20. The molecule has 0 aliphatic carbocycles. The van der Waals surface area contributed by atoms with Gasteiger partial charge in [-0.2, -0.15) is 0 Å². The zero-order valence-corrected chi connectivity index (χ0v) is 11.8. The highest BCUT2D eigenvalue weighted by Gasteiger charge is 2.16. The van der Waals surface area contributed by atoms with Crippen LogP contribution in [-0.2, 0) is 5.75 Å². The van der Waals surface area contributed by atoms with E-state index in [0.717, 1.165) is 22.2 Å². The highest BCUT2D eigenvalue weighted by atomic mass is 35.5. The lowest BCUT2D eigenvalue weighted by molar-refractivity contribution is 0.174. The first-order valence-electron chi connectivity index (χ1n) is 5.73. The van der Waals surface area contributed by atoms with Gasteiger partial charge in [-0.25, -0.2) is 9.97 Å². The van der Waals surface area contributed by atoms with Crippen LogP contribution in [-0.4, -0.2) is 16.8 Å². The van der Waals surface area contributed by atoms with E-state index in [0.29, 0.717) is 16.5 Å². The number of benzene rings is 1. The van der Waals surface area contributed by atoms with Crippen molar-refractivity contribution in [3.63, 3.8) is 0 Å². The van der Waals surface area contributed by atoms with E-state index in [1.807, 2.05) is 19.1 Å². The fourth-order valence-corrected chi connectivity index (χ4v) is 2.87. The average molecular weight is 295 g/mol. The molecular weight excluding hydrogens is 284 g/mol. The third kappa shape index (κ3) is 2.77. The second-order valence-corrected chi connectivity index (χ2v) is 5.42. The summed E-state index contributed by atoms with van der Waals surface area (Å²) in [5.74, 6) is 2.13. The summed E-state index contributed by atoms with van der Waals surface area (Å²) in [7, 11) is 0. The molecule has 0 saturated carbocycles. The van der Waals surface area contributed by atoms with Crippen molar-refractivity contribution >= 4 is 23.4 Å². The average Bonchev–Trinajstić information content (AvgIpc) is 2.83. The Morgan fingerprint density at radius 2 is 2.11 bits per heavy atom. The Morgan fingerprint density at radius 1 is 1.32 bits per heavy atom. The van der Waals surface area contributed by atoms with E-state index in [2.05, 4.69) is 9.97 Å². The fourth-order valence-electron chi connectivity index (χ4n) is 1.71. The molecule has 0 unspecified atom stereocenters. The molecule has 0 N–H and O–H groups in total. The van der Waals surface area contributed by atoms with Crippen LogP contribution < -0.4 is 9.47 Å². The third-order valence-corrected chi connectivity index (χ3v) is 3.93. The molecule has 1 aliphatic rings. The molecule has 19 heavy (non-hydrogen) atoms. The number of halogens is 1. The minimum atomic E-state index is 0.253. The van der Waals surface area contributed by atoms with Gasteiger partial charge in [-0.15, -0.1) is 0 Å². The van der Waals surface area contributed by atoms with E-state index in [1.165, 1.54) is 0 Å². The van der Waals surface area contributed by atoms with E-state index in [1.54, 1.807) is 24.0 Å². The molecule has 6 heteroatoms. The van der Waals surface area contributed by atoms with E-state index < -0.39 is 0 Å². The Balaban J connectivity index is 1.77. The highest BCUT2D eigenvalue weighted by molar-refractivity contribution is 7.98. The number of hydrogen-bond acceptors (Lipinski definition) is 5. The summed E-state index contributed by atoms with van der Waals surface area (Å²) < 4.78 is 10.6. The quantitative estimate of drug-likeness (QED) is 0.641. The minimum Gasteiger partial charge on any atom is -0.454 e. The van der Waals surface area contributed by atoms with Gasteiger partial charge in [0, 0.05) is 28.7 Å². The van der Waals surface area contributed by atoms with Crippen LogP contribution in [0.15, 0.2) is 29.6 Å². The number of fused-ring (bicyclic) bond motifs is 1. The number of aromatic nitrogens is 2. The van der Waals surface area contributed by atoms with E-state index in [9.17, 15) is 0 Å². The predicted octanol–water partition coefficient (Wildman–Crippen LogP) is 3.46. The fraction of sp³-hybridized carbons (Fsp3) is 0.231. The molecule has 0 radical (unpaired) electrons. The van der Waals surface area contributed by atoms with Crippen LogP contribution in [0.1, 0.15) is 11.3 Å². The maximum absolute atomic E-state index is 6.22. The van der Waals surface area contributed by atoms with Crippen molar-refractivity contribution in [2.45, 2.75) is 17.8 Å². The summed E-state index contributed by atoms with van der Waals surface area (Å²) in [4.78, 5) is 8.55. The maximum Gasteiger partial charge on any atom is 0.231 e. The first-order valence-corrected chi connectivity index (χ1v) is 7.09. The van der Waals surface area contributed by atoms with Gasteiger partial charge in [0.25, 0.3) is 0 Å². The monoisotopic (exact) mass is 294 g/mol. The Labute approximate surface area is 120 Å². The second kappa shape index (κ2) is 5.27. The molecule has 0 amide bonds. The molecular formula is C13H11ClN2O2S. The van der Waals surface area contributed by atoms with Gasteiger partial charge >= 0.3 is 0 Å².